The van der Waals surface area contributed by atoms with Crippen molar-refractivity contribution in [3.05, 3.63) is 24.3 Å². The molecule has 0 saturated carbocycles. The molecule has 8 heteroatoms. The Bertz CT molecular complexity index is 640. The smallest absolute Gasteiger partial charge is 0.234 e. The van der Waals surface area contributed by atoms with Crippen molar-refractivity contribution < 1.29 is 13.2 Å². The summed E-state index contributed by atoms with van der Waals surface area (Å²) in [5, 5.41) is 2.63. The number of thiocarbonyl (C=S) groups is 1. The molecule has 0 aliphatic carbocycles. The summed E-state index contributed by atoms with van der Waals surface area (Å²) in [5.41, 5.74) is 0.296. The summed E-state index contributed by atoms with van der Waals surface area (Å²) < 4.78 is 24.0. The number of carbonyl (C=O) groups is 1. The summed E-state index contributed by atoms with van der Waals surface area (Å²) in [7, 11) is -3.39. The van der Waals surface area contributed by atoms with E-state index < -0.39 is 9.84 Å². The summed E-state index contributed by atoms with van der Waals surface area (Å²) in [6, 6.07) is 6.34. The Morgan fingerprint density at radius 3 is 2.41 bits per heavy atom. The highest BCUT2D eigenvalue weighted by Gasteiger charge is 2.15. The molecule has 0 atom stereocenters. The van der Waals surface area contributed by atoms with E-state index in [1.807, 2.05) is 18.7 Å². The fourth-order valence-electron chi connectivity index (χ4n) is 1.78. The van der Waals surface area contributed by atoms with Crippen molar-refractivity contribution in [1.29, 1.82) is 0 Å². The zero-order valence-corrected chi connectivity index (χ0v) is 15.3. The average Bonchev–Trinajstić information content (AvgIpc) is 2.46. The van der Waals surface area contributed by atoms with Crippen LogP contribution in [0.3, 0.4) is 0 Å². The zero-order chi connectivity index (χ0) is 16.8. The van der Waals surface area contributed by atoms with Gasteiger partial charge in [0, 0.05) is 19.3 Å². The standard InChI is InChI=1S/C14H20N2O3S3/c1-4-16(5-2)14(20)21-10-13(17)15-11-8-6-7-9-12(11)22(3,18)19/h6-9H,4-5,10H2,1-3H3,(H,15,17). The van der Waals surface area contributed by atoms with E-state index in [4.69, 9.17) is 12.2 Å². The molecule has 0 spiro atoms. The second-order valence-electron chi connectivity index (χ2n) is 4.54. The van der Waals surface area contributed by atoms with Gasteiger partial charge in [-0.2, -0.15) is 0 Å². The average molecular weight is 361 g/mol. The maximum Gasteiger partial charge on any atom is 0.234 e. The highest BCUT2D eigenvalue weighted by molar-refractivity contribution is 8.23. The molecule has 1 aromatic rings. The van der Waals surface area contributed by atoms with Crippen molar-refractivity contribution in [3.63, 3.8) is 0 Å². The van der Waals surface area contributed by atoms with Crippen molar-refractivity contribution in [1.82, 2.24) is 4.90 Å². The minimum atomic E-state index is -3.39. The Labute approximate surface area is 141 Å². The van der Waals surface area contributed by atoms with Gasteiger partial charge in [0.15, 0.2) is 9.84 Å². The Balaban J connectivity index is 2.69. The van der Waals surface area contributed by atoms with Crippen molar-refractivity contribution in [2.24, 2.45) is 0 Å². The van der Waals surface area contributed by atoms with Gasteiger partial charge in [0.25, 0.3) is 0 Å². The summed E-state index contributed by atoms with van der Waals surface area (Å²) >= 11 is 6.53. The molecule has 0 aliphatic rings. The summed E-state index contributed by atoms with van der Waals surface area (Å²) in [6.07, 6.45) is 1.11. The lowest BCUT2D eigenvalue weighted by molar-refractivity contribution is -0.113. The van der Waals surface area contributed by atoms with Gasteiger partial charge >= 0.3 is 0 Å². The first-order valence-corrected chi connectivity index (χ1v) is 10.1. The van der Waals surface area contributed by atoms with Crippen LogP contribution >= 0.6 is 24.0 Å². The lowest BCUT2D eigenvalue weighted by Crippen LogP contribution is -2.28. The van der Waals surface area contributed by atoms with E-state index in [1.165, 1.54) is 17.8 Å². The van der Waals surface area contributed by atoms with Crippen LogP contribution in [0.1, 0.15) is 13.8 Å². The Morgan fingerprint density at radius 2 is 1.86 bits per heavy atom. The molecule has 1 rings (SSSR count). The van der Waals surface area contributed by atoms with Gasteiger partial charge in [0.05, 0.1) is 16.3 Å². The monoisotopic (exact) mass is 360 g/mol. The number of anilines is 1. The number of carbonyl (C=O) groups excluding carboxylic acids is 1. The van der Waals surface area contributed by atoms with Crippen LogP contribution in [0.4, 0.5) is 5.69 Å². The van der Waals surface area contributed by atoms with E-state index in [-0.39, 0.29) is 16.6 Å². The first-order chi connectivity index (χ1) is 10.3. The van der Waals surface area contributed by atoms with Crippen molar-refractivity contribution in [2.45, 2.75) is 18.7 Å². The molecule has 0 heterocycles. The molecule has 0 fully saturated rings. The van der Waals surface area contributed by atoms with Crippen LogP contribution in [-0.2, 0) is 14.6 Å². The van der Waals surface area contributed by atoms with Gasteiger partial charge < -0.3 is 10.2 Å². The quantitative estimate of drug-likeness (QED) is 0.786. The van der Waals surface area contributed by atoms with Crippen LogP contribution in [0.15, 0.2) is 29.2 Å². The van der Waals surface area contributed by atoms with Crippen LogP contribution < -0.4 is 5.32 Å². The first-order valence-electron chi connectivity index (χ1n) is 6.80. The van der Waals surface area contributed by atoms with Crippen LogP contribution in [0.5, 0.6) is 0 Å². The summed E-state index contributed by atoms with van der Waals surface area (Å²) in [4.78, 5) is 14.1. The van der Waals surface area contributed by atoms with Crippen LogP contribution in [-0.4, -0.2) is 48.6 Å². The number of hydrogen-bond donors (Lipinski definition) is 1. The lowest BCUT2D eigenvalue weighted by atomic mass is 10.3. The Hall–Kier alpha value is -1.12. The number of amides is 1. The molecule has 0 saturated heterocycles. The van der Waals surface area contributed by atoms with E-state index in [0.29, 0.717) is 10.0 Å². The van der Waals surface area contributed by atoms with Gasteiger partial charge in [0.1, 0.15) is 4.32 Å². The molecule has 5 nitrogen and oxygen atoms in total. The number of nitrogens with zero attached hydrogens (tertiary/aromatic N) is 1. The first kappa shape index (κ1) is 18.9. The molecule has 0 unspecified atom stereocenters. The van der Waals surface area contributed by atoms with Crippen molar-refractivity contribution in [2.75, 3.05) is 30.4 Å². The molecule has 1 amide bonds. The number of para-hydroxylation sites is 1. The van der Waals surface area contributed by atoms with Gasteiger partial charge in [-0.1, -0.05) is 36.1 Å². The van der Waals surface area contributed by atoms with Gasteiger partial charge in [-0.3, -0.25) is 4.79 Å². The van der Waals surface area contributed by atoms with Gasteiger partial charge in [0.2, 0.25) is 5.91 Å². The minimum Gasteiger partial charge on any atom is -0.358 e. The van der Waals surface area contributed by atoms with Gasteiger partial charge in [-0.25, -0.2) is 8.42 Å². The molecule has 1 aromatic carbocycles. The topological polar surface area (TPSA) is 66.5 Å². The third kappa shape index (κ3) is 5.58. The van der Waals surface area contributed by atoms with Crippen LogP contribution in [0.2, 0.25) is 0 Å². The molecule has 0 bridgehead atoms. The largest absolute Gasteiger partial charge is 0.358 e. The predicted molar refractivity (Wildman–Crippen MR) is 96.2 cm³/mol. The van der Waals surface area contributed by atoms with E-state index in [2.05, 4.69) is 5.32 Å². The molecule has 1 N–H and O–H groups in total. The maximum atomic E-state index is 12.0. The molecular formula is C14H20N2O3S3. The predicted octanol–water partition coefficient (Wildman–Crippen LogP) is 2.39. The molecule has 22 heavy (non-hydrogen) atoms. The summed E-state index contributed by atoms with van der Waals surface area (Å²) in [5.74, 6) is -0.136. The van der Waals surface area contributed by atoms with Crippen molar-refractivity contribution in [3.8, 4) is 0 Å². The number of benzene rings is 1. The van der Waals surface area contributed by atoms with E-state index >= 15 is 0 Å². The van der Waals surface area contributed by atoms with Gasteiger partial charge in [-0.05, 0) is 26.0 Å². The molecule has 0 aliphatic heterocycles. The highest BCUT2D eigenvalue weighted by Crippen LogP contribution is 2.21. The number of thioether (sulfide) groups is 1. The van der Waals surface area contributed by atoms with E-state index in [0.717, 1.165) is 19.3 Å². The molecular weight excluding hydrogens is 340 g/mol. The molecule has 122 valence electrons. The van der Waals surface area contributed by atoms with Crippen LogP contribution in [0, 0.1) is 0 Å². The van der Waals surface area contributed by atoms with Gasteiger partial charge in [-0.15, -0.1) is 0 Å². The third-order valence-electron chi connectivity index (χ3n) is 2.91. The van der Waals surface area contributed by atoms with Crippen LogP contribution in [0.25, 0.3) is 0 Å². The maximum absolute atomic E-state index is 12.0. The second-order valence-corrected chi connectivity index (χ2v) is 8.14. The normalized spacial score (nSPS) is 11.0. The Morgan fingerprint density at radius 1 is 1.27 bits per heavy atom. The zero-order valence-electron chi connectivity index (χ0n) is 12.8. The highest BCUT2D eigenvalue weighted by atomic mass is 32.2. The second kappa shape index (κ2) is 8.50. The fraction of sp³-hybridized carbons (Fsp3) is 0.429. The Kier molecular flexibility index (Phi) is 7.31. The third-order valence-corrected chi connectivity index (χ3v) is 5.59. The summed E-state index contributed by atoms with van der Waals surface area (Å²) in [6.45, 7) is 5.58. The number of sulfone groups is 1. The van der Waals surface area contributed by atoms with Crippen molar-refractivity contribution >= 4 is 49.7 Å². The fourth-order valence-corrected chi connectivity index (χ4v) is 3.83. The van der Waals surface area contributed by atoms with E-state index in [9.17, 15) is 13.2 Å². The lowest BCUT2D eigenvalue weighted by Gasteiger charge is -2.20. The minimum absolute atomic E-state index is 0.111. The number of hydrogen-bond acceptors (Lipinski definition) is 5. The molecule has 0 radical (unpaired) electrons. The molecule has 0 aromatic heterocycles. The number of rotatable bonds is 6. The SMILES string of the molecule is CCN(CC)C(=S)SCC(=O)Nc1ccccc1S(C)(=O)=O. The number of nitrogens with one attached hydrogen (secondary N) is 1. The van der Waals surface area contributed by atoms with E-state index in [1.54, 1.807) is 18.2 Å².